The molecule has 6 nitrogen and oxygen atoms in total. The number of hydrogen-bond acceptors (Lipinski definition) is 6. The van der Waals surface area contributed by atoms with Crippen LogP contribution in [0.25, 0.3) is 22.0 Å². The van der Waals surface area contributed by atoms with Gasteiger partial charge in [0, 0.05) is 42.5 Å². The number of nitrogens with one attached hydrogen (secondary N) is 1. The van der Waals surface area contributed by atoms with Gasteiger partial charge in [-0.25, -0.2) is 4.39 Å². The van der Waals surface area contributed by atoms with Crippen LogP contribution >= 0.6 is 0 Å². The van der Waals surface area contributed by atoms with E-state index in [0.717, 1.165) is 36.5 Å². The number of anilines is 1. The topological polar surface area (TPSA) is 74.2 Å². The van der Waals surface area contributed by atoms with Crippen molar-refractivity contribution in [3.63, 3.8) is 0 Å². The number of benzene rings is 1. The third kappa shape index (κ3) is 3.29. The van der Waals surface area contributed by atoms with Crippen LogP contribution in [0.1, 0.15) is 25.7 Å². The number of alkyl halides is 1. The molecule has 5 rings (SSSR count). The molecule has 1 aromatic carbocycles. The minimum absolute atomic E-state index is 0.0645. The SMILES string of the molecule is CN(c1ccc(-c2cc3cnccc3cc2O)nn1)[C@H]1CC2CCCC(N2)[C@H]1F. The molecule has 2 unspecified atom stereocenters. The van der Waals surface area contributed by atoms with Crippen LogP contribution in [-0.4, -0.2) is 51.6 Å². The van der Waals surface area contributed by atoms with E-state index < -0.39 is 6.17 Å². The second-order valence-electron chi connectivity index (χ2n) is 8.13. The molecule has 0 aliphatic carbocycles. The predicted octanol–water partition coefficient (Wildman–Crippen LogP) is 3.45. The van der Waals surface area contributed by atoms with E-state index in [4.69, 9.17) is 0 Å². The Balaban J connectivity index is 1.41. The number of phenolic OH excluding ortho intramolecular Hbond substituents is 1. The third-order valence-electron chi connectivity index (χ3n) is 6.34. The number of hydrogen-bond donors (Lipinski definition) is 2. The van der Waals surface area contributed by atoms with Crippen molar-refractivity contribution >= 4 is 16.6 Å². The van der Waals surface area contributed by atoms with Crippen molar-refractivity contribution in [2.75, 3.05) is 11.9 Å². The average Bonchev–Trinajstić information content (AvgIpc) is 2.76. The van der Waals surface area contributed by atoms with Gasteiger partial charge >= 0.3 is 0 Å². The quantitative estimate of drug-likeness (QED) is 0.710. The van der Waals surface area contributed by atoms with E-state index in [1.807, 2.05) is 36.2 Å². The maximum atomic E-state index is 15.0. The summed E-state index contributed by atoms with van der Waals surface area (Å²) in [6.07, 6.45) is 6.39. The van der Waals surface area contributed by atoms with Crippen molar-refractivity contribution in [1.29, 1.82) is 0 Å². The fraction of sp³-hybridized carbons (Fsp3) is 0.409. The molecule has 7 heteroatoms. The Hall–Kier alpha value is -2.80. The van der Waals surface area contributed by atoms with Gasteiger partial charge < -0.3 is 15.3 Å². The summed E-state index contributed by atoms with van der Waals surface area (Å²) in [7, 11) is 1.89. The molecular formula is C22H24FN5O. The molecule has 3 aromatic rings. The van der Waals surface area contributed by atoms with Crippen LogP contribution in [0.5, 0.6) is 5.75 Å². The highest BCUT2D eigenvalue weighted by atomic mass is 19.1. The molecule has 29 heavy (non-hydrogen) atoms. The number of halogens is 1. The van der Waals surface area contributed by atoms with Gasteiger partial charge in [0.1, 0.15) is 11.9 Å². The molecule has 0 spiro atoms. The van der Waals surface area contributed by atoms with Crippen LogP contribution < -0.4 is 10.2 Å². The summed E-state index contributed by atoms with van der Waals surface area (Å²) in [5.74, 6) is 0.789. The zero-order chi connectivity index (χ0) is 20.0. The molecular weight excluding hydrogens is 369 g/mol. The van der Waals surface area contributed by atoms with Crippen LogP contribution in [0, 0.1) is 0 Å². The Morgan fingerprint density at radius 3 is 2.86 bits per heavy atom. The molecule has 2 saturated heterocycles. The van der Waals surface area contributed by atoms with E-state index >= 15 is 4.39 Å². The molecule has 2 N–H and O–H groups in total. The summed E-state index contributed by atoms with van der Waals surface area (Å²) < 4.78 is 15.0. The minimum atomic E-state index is -0.921. The number of fused-ring (bicyclic) bond motifs is 3. The van der Waals surface area contributed by atoms with Crippen molar-refractivity contribution in [1.82, 2.24) is 20.5 Å². The highest BCUT2D eigenvalue weighted by Gasteiger charge is 2.41. The molecule has 0 amide bonds. The summed E-state index contributed by atoms with van der Waals surface area (Å²) in [5.41, 5.74) is 1.18. The molecule has 2 aliphatic heterocycles. The van der Waals surface area contributed by atoms with Crippen molar-refractivity contribution in [2.24, 2.45) is 0 Å². The fourth-order valence-corrected chi connectivity index (χ4v) is 4.71. The summed E-state index contributed by atoms with van der Waals surface area (Å²) in [6.45, 7) is 0. The standard InChI is InChI=1S/C22H24FN5O/c1-28(19-11-15-3-2-4-18(25-15)22(19)23)21-6-5-17(26-27-21)16-9-14-12-24-8-7-13(14)10-20(16)29/h5-10,12,15,18-19,22,25,29H,2-4,11H2,1H3/t15?,18?,19-,22+/m0/s1. The smallest absolute Gasteiger partial charge is 0.151 e. The molecule has 2 aliphatic rings. The summed E-state index contributed by atoms with van der Waals surface area (Å²) in [6, 6.07) is 9.20. The van der Waals surface area contributed by atoms with Gasteiger partial charge in [0.05, 0.1) is 11.7 Å². The average molecular weight is 393 g/mol. The maximum absolute atomic E-state index is 15.0. The van der Waals surface area contributed by atoms with Crippen molar-refractivity contribution in [3.8, 4) is 17.0 Å². The van der Waals surface area contributed by atoms with E-state index in [2.05, 4.69) is 20.5 Å². The molecule has 0 radical (unpaired) electrons. The van der Waals surface area contributed by atoms with E-state index in [9.17, 15) is 5.11 Å². The first-order chi connectivity index (χ1) is 14.1. The predicted molar refractivity (Wildman–Crippen MR) is 111 cm³/mol. The van der Waals surface area contributed by atoms with Crippen LogP contribution in [0.2, 0.25) is 0 Å². The summed E-state index contributed by atoms with van der Waals surface area (Å²) >= 11 is 0. The fourth-order valence-electron chi connectivity index (χ4n) is 4.71. The van der Waals surface area contributed by atoms with Gasteiger partial charge in [0.25, 0.3) is 0 Å². The molecule has 4 atom stereocenters. The number of pyridine rings is 1. The Morgan fingerprint density at radius 1 is 1.14 bits per heavy atom. The maximum Gasteiger partial charge on any atom is 0.151 e. The monoisotopic (exact) mass is 393 g/mol. The van der Waals surface area contributed by atoms with Crippen molar-refractivity contribution < 1.29 is 9.50 Å². The van der Waals surface area contributed by atoms with Crippen LogP contribution in [0.15, 0.2) is 42.7 Å². The first-order valence-corrected chi connectivity index (χ1v) is 10.1. The summed E-state index contributed by atoms with van der Waals surface area (Å²) in [4.78, 5) is 6.05. The number of aromatic nitrogens is 3. The zero-order valence-corrected chi connectivity index (χ0v) is 16.3. The van der Waals surface area contributed by atoms with Crippen molar-refractivity contribution in [3.05, 3.63) is 42.7 Å². The number of piperidine rings is 2. The Labute approximate surface area is 168 Å². The highest BCUT2D eigenvalue weighted by molar-refractivity contribution is 5.89. The molecule has 150 valence electrons. The van der Waals surface area contributed by atoms with Crippen LogP contribution in [-0.2, 0) is 0 Å². The minimum Gasteiger partial charge on any atom is -0.507 e. The Bertz CT molecular complexity index is 1030. The lowest BCUT2D eigenvalue weighted by Gasteiger charge is -2.46. The van der Waals surface area contributed by atoms with E-state index in [1.165, 1.54) is 0 Å². The first kappa shape index (κ1) is 18.2. The summed E-state index contributed by atoms with van der Waals surface area (Å²) in [5, 5.41) is 24.3. The number of phenols is 1. The Kier molecular flexibility index (Phi) is 4.54. The normalized spacial score (nSPS) is 26.4. The van der Waals surface area contributed by atoms with Crippen LogP contribution in [0.4, 0.5) is 10.2 Å². The van der Waals surface area contributed by atoms with Gasteiger partial charge in [-0.3, -0.25) is 4.98 Å². The Morgan fingerprint density at radius 2 is 2.03 bits per heavy atom. The molecule has 0 saturated carbocycles. The number of nitrogens with zero attached hydrogens (tertiary/aromatic N) is 4. The van der Waals surface area contributed by atoms with Gasteiger partial charge in [-0.1, -0.05) is 6.42 Å². The lowest BCUT2D eigenvalue weighted by molar-refractivity contribution is 0.107. The van der Waals surface area contributed by atoms with Gasteiger partial charge in [0.2, 0.25) is 0 Å². The lowest BCUT2D eigenvalue weighted by atomic mass is 9.82. The largest absolute Gasteiger partial charge is 0.507 e. The molecule has 4 heterocycles. The number of rotatable bonds is 3. The van der Waals surface area contributed by atoms with Gasteiger partial charge in [0.15, 0.2) is 5.82 Å². The zero-order valence-electron chi connectivity index (χ0n) is 16.3. The third-order valence-corrected chi connectivity index (χ3v) is 6.34. The highest BCUT2D eigenvalue weighted by Crippen LogP contribution is 2.34. The van der Waals surface area contributed by atoms with Gasteiger partial charge in [-0.15, -0.1) is 10.2 Å². The van der Waals surface area contributed by atoms with Gasteiger partial charge in [-0.05, 0) is 55.0 Å². The van der Waals surface area contributed by atoms with E-state index in [0.29, 0.717) is 23.1 Å². The second kappa shape index (κ2) is 7.22. The van der Waals surface area contributed by atoms with Crippen molar-refractivity contribution in [2.45, 2.75) is 50.0 Å². The lowest BCUT2D eigenvalue weighted by Crippen LogP contribution is -2.61. The second-order valence-corrected chi connectivity index (χ2v) is 8.13. The first-order valence-electron chi connectivity index (χ1n) is 10.1. The van der Waals surface area contributed by atoms with E-state index in [-0.39, 0.29) is 17.8 Å². The molecule has 2 fully saturated rings. The van der Waals surface area contributed by atoms with Crippen LogP contribution in [0.3, 0.4) is 0 Å². The van der Waals surface area contributed by atoms with E-state index in [1.54, 1.807) is 18.5 Å². The number of aromatic hydroxyl groups is 1. The molecule has 2 bridgehead atoms. The van der Waals surface area contributed by atoms with Gasteiger partial charge in [-0.2, -0.15) is 0 Å². The molecule has 2 aromatic heterocycles.